The van der Waals surface area contributed by atoms with Crippen LogP contribution in [0.15, 0.2) is 42.5 Å². The van der Waals surface area contributed by atoms with Crippen LogP contribution in [-0.4, -0.2) is 25.1 Å². The number of hydrogen-bond donors (Lipinski definition) is 1. The van der Waals surface area contributed by atoms with E-state index < -0.39 is 6.10 Å². The summed E-state index contributed by atoms with van der Waals surface area (Å²) in [4.78, 5) is 12.9. The van der Waals surface area contributed by atoms with Crippen molar-refractivity contribution < 1.29 is 19.0 Å². The van der Waals surface area contributed by atoms with Crippen molar-refractivity contribution in [3.63, 3.8) is 0 Å². The topological polar surface area (TPSA) is 70.8 Å². The monoisotopic (exact) mass is 327 g/mol. The number of ether oxygens (including phenoxy) is 3. The molecule has 0 bridgehead atoms. The van der Waals surface area contributed by atoms with Gasteiger partial charge in [-0.3, -0.25) is 4.79 Å². The Morgan fingerprint density at radius 3 is 2.67 bits per heavy atom. The number of nitrogen functional groups attached to an aromatic ring is 1. The standard InChI is InChI=1S/C19H21NO4/c1-2-5-17(24-15-7-4-3-6-14(15)20)19(21)13-8-9-16-18(12-13)23-11-10-22-16/h3-4,6-9,12,17H,2,5,10-11,20H2,1H3. The van der Waals surface area contributed by atoms with E-state index in [1.54, 1.807) is 30.3 Å². The highest BCUT2D eigenvalue weighted by molar-refractivity contribution is 6.00. The average Bonchev–Trinajstić information content (AvgIpc) is 2.62. The Balaban J connectivity index is 1.83. The molecule has 2 aromatic rings. The fourth-order valence-electron chi connectivity index (χ4n) is 2.63. The van der Waals surface area contributed by atoms with E-state index in [9.17, 15) is 4.79 Å². The third-order valence-corrected chi connectivity index (χ3v) is 3.86. The zero-order valence-electron chi connectivity index (χ0n) is 13.7. The van der Waals surface area contributed by atoms with Gasteiger partial charge in [-0.2, -0.15) is 0 Å². The second kappa shape index (κ2) is 7.25. The Bertz CT molecular complexity index is 729. The predicted molar refractivity (Wildman–Crippen MR) is 91.9 cm³/mol. The van der Waals surface area contributed by atoms with Gasteiger partial charge < -0.3 is 19.9 Å². The number of anilines is 1. The van der Waals surface area contributed by atoms with E-state index in [0.717, 1.165) is 6.42 Å². The molecule has 0 saturated heterocycles. The average molecular weight is 327 g/mol. The largest absolute Gasteiger partial charge is 0.486 e. The summed E-state index contributed by atoms with van der Waals surface area (Å²) in [5, 5.41) is 0. The van der Waals surface area contributed by atoms with Crippen molar-refractivity contribution in [3.05, 3.63) is 48.0 Å². The van der Waals surface area contributed by atoms with Crippen molar-refractivity contribution >= 4 is 11.5 Å². The summed E-state index contributed by atoms with van der Waals surface area (Å²) in [6, 6.07) is 12.4. The Morgan fingerprint density at radius 2 is 1.92 bits per heavy atom. The van der Waals surface area contributed by atoms with Gasteiger partial charge in [-0.25, -0.2) is 0 Å². The molecule has 0 aliphatic carbocycles. The molecule has 3 rings (SSSR count). The first-order valence-corrected chi connectivity index (χ1v) is 8.14. The lowest BCUT2D eigenvalue weighted by molar-refractivity contribution is 0.0777. The fraction of sp³-hybridized carbons (Fsp3) is 0.316. The quantitative estimate of drug-likeness (QED) is 0.650. The minimum Gasteiger partial charge on any atom is -0.486 e. The highest BCUT2D eigenvalue weighted by atomic mass is 16.6. The molecule has 0 amide bonds. The van der Waals surface area contributed by atoms with Gasteiger partial charge in [0.05, 0.1) is 5.69 Å². The summed E-state index contributed by atoms with van der Waals surface area (Å²) in [6.45, 7) is 3.02. The number of carbonyl (C=O) groups excluding carboxylic acids is 1. The van der Waals surface area contributed by atoms with Crippen LogP contribution in [0.25, 0.3) is 0 Å². The third-order valence-electron chi connectivity index (χ3n) is 3.86. The van der Waals surface area contributed by atoms with E-state index in [1.807, 2.05) is 19.1 Å². The molecule has 0 spiro atoms. The number of ketones is 1. The van der Waals surface area contributed by atoms with Crippen molar-refractivity contribution in [2.24, 2.45) is 0 Å². The van der Waals surface area contributed by atoms with Crippen molar-refractivity contribution in [3.8, 4) is 17.2 Å². The number of carbonyl (C=O) groups is 1. The van der Waals surface area contributed by atoms with Crippen molar-refractivity contribution in [2.75, 3.05) is 18.9 Å². The first-order chi connectivity index (χ1) is 11.7. The van der Waals surface area contributed by atoms with Crippen LogP contribution in [0.1, 0.15) is 30.1 Å². The van der Waals surface area contributed by atoms with Crippen LogP contribution in [-0.2, 0) is 0 Å². The van der Waals surface area contributed by atoms with Crippen molar-refractivity contribution in [2.45, 2.75) is 25.9 Å². The summed E-state index contributed by atoms with van der Waals surface area (Å²) in [6.07, 6.45) is 0.859. The van der Waals surface area contributed by atoms with E-state index in [2.05, 4.69) is 0 Å². The maximum atomic E-state index is 12.9. The van der Waals surface area contributed by atoms with Crippen molar-refractivity contribution in [1.29, 1.82) is 0 Å². The summed E-state index contributed by atoms with van der Waals surface area (Å²) in [5.41, 5.74) is 6.99. The normalized spacial score (nSPS) is 14.0. The molecule has 1 atom stereocenters. The van der Waals surface area contributed by atoms with Crippen LogP contribution < -0.4 is 19.9 Å². The smallest absolute Gasteiger partial charge is 0.203 e. The SMILES string of the molecule is CCCC(Oc1ccccc1N)C(=O)c1ccc2c(c1)OCCO2. The van der Waals surface area contributed by atoms with Gasteiger partial charge in [0, 0.05) is 5.56 Å². The summed E-state index contributed by atoms with van der Waals surface area (Å²) >= 11 is 0. The van der Waals surface area contributed by atoms with Crippen LogP contribution in [0, 0.1) is 0 Å². The van der Waals surface area contributed by atoms with Gasteiger partial charge in [0.15, 0.2) is 17.6 Å². The first kappa shape index (κ1) is 16.2. The molecule has 24 heavy (non-hydrogen) atoms. The van der Waals surface area contributed by atoms with E-state index in [1.165, 1.54) is 0 Å². The van der Waals surface area contributed by atoms with Crippen LogP contribution >= 0.6 is 0 Å². The van der Waals surface area contributed by atoms with E-state index in [0.29, 0.717) is 48.1 Å². The zero-order valence-corrected chi connectivity index (χ0v) is 13.7. The van der Waals surface area contributed by atoms with Crippen molar-refractivity contribution in [1.82, 2.24) is 0 Å². The molecule has 5 heteroatoms. The molecule has 1 aliphatic heterocycles. The molecule has 0 saturated carbocycles. The minimum atomic E-state index is -0.581. The number of para-hydroxylation sites is 2. The number of rotatable bonds is 6. The van der Waals surface area contributed by atoms with Crippen LogP contribution in [0.5, 0.6) is 17.2 Å². The number of Topliss-reactive ketones (excluding diaryl/α,β-unsaturated/α-hetero) is 1. The molecule has 126 valence electrons. The zero-order chi connectivity index (χ0) is 16.9. The lowest BCUT2D eigenvalue weighted by Crippen LogP contribution is -2.28. The maximum Gasteiger partial charge on any atom is 0.203 e. The van der Waals surface area contributed by atoms with Crippen LogP contribution in [0.3, 0.4) is 0 Å². The highest BCUT2D eigenvalue weighted by Crippen LogP contribution is 2.32. The lowest BCUT2D eigenvalue weighted by Gasteiger charge is -2.21. The third kappa shape index (κ3) is 3.45. The molecule has 2 aromatic carbocycles. The lowest BCUT2D eigenvalue weighted by atomic mass is 10.0. The van der Waals surface area contributed by atoms with Gasteiger partial charge in [-0.05, 0) is 36.8 Å². The molecule has 0 fully saturated rings. The van der Waals surface area contributed by atoms with E-state index in [4.69, 9.17) is 19.9 Å². The first-order valence-electron chi connectivity index (χ1n) is 8.14. The van der Waals surface area contributed by atoms with Gasteiger partial charge in [0.25, 0.3) is 0 Å². The molecule has 1 unspecified atom stereocenters. The Kier molecular flexibility index (Phi) is 4.89. The molecule has 1 aliphatic rings. The van der Waals surface area contributed by atoms with Gasteiger partial charge in [0.1, 0.15) is 19.0 Å². The number of benzene rings is 2. The molecule has 1 heterocycles. The van der Waals surface area contributed by atoms with Crippen LogP contribution in [0.4, 0.5) is 5.69 Å². The molecule has 2 N–H and O–H groups in total. The van der Waals surface area contributed by atoms with Gasteiger partial charge in [0.2, 0.25) is 5.78 Å². The van der Waals surface area contributed by atoms with Gasteiger partial charge in [-0.15, -0.1) is 0 Å². The maximum absolute atomic E-state index is 12.9. The van der Waals surface area contributed by atoms with Crippen LogP contribution in [0.2, 0.25) is 0 Å². The molecule has 0 aromatic heterocycles. The fourth-order valence-corrected chi connectivity index (χ4v) is 2.63. The summed E-state index contributed by atoms with van der Waals surface area (Å²) in [5.74, 6) is 1.71. The second-order valence-corrected chi connectivity index (χ2v) is 5.66. The highest BCUT2D eigenvalue weighted by Gasteiger charge is 2.24. The number of hydrogen-bond acceptors (Lipinski definition) is 5. The molecular formula is C19H21NO4. The molecule has 0 radical (unpaired) electrons. The number of fused-ring (bicyclic) bond motifs is 1. The van der Waals surface area contributed by atoms with Gasteiger partial charge >= 0.3 is 0 Å². The van der Waals surface area contributed by atoms with E-state index in [-0.39, 0.29) is 5.78 Å². The summed E-state index contributed by atoms with van der Waals surface area (Å²) < 4.78 is 16.9. The Labute approximate surface area is 141 Å². The summed E-state index contributed by atoms with van der Waals surface area (Å²) in [7, 11) is 0. The Morgan fingerprint density at radius 1 is 1.17 bits per heavy atom. The second-order valence-electron chi connectivity index (χ2n) is 5.66. The minimum absolute atomic E-state index is 0.0860. The van der Waals surface area contributed by atoms with E-state index >= 15 is 0 Å². The predicted octanol–water partition coefficient (Wildman–Crippen LogP) is 3.47. The Hall–Kier alpha value is -2.69. The molecular weight excluding hydrogens is 306 g/mol. The molecule has 5 nitrogen and oxygen atoms in total. The number of nitrogens with two attached hydrogens (primary N) is 1. The van der Waals surface area contributed by atoms with Gasteiger partial charge in [-0.1, -0.05) is 25.5 Å².